The van der Waals surface area contributed by atoms with Gasteiger partial charge < -0.3 is 5.11 Å². The molecule has 3 heteroatoms. The lowest BCUT2D eigenvalue weighted by Gasteiger charge is -2.26. The Kier molecular flexibility index (Phi) is 3.21. The van der Waals surface area contributed by atoms with Gasteiger partial charge in [-0.25, -0.2) is 8.78 Å². The molecule has 0 saturated carbocycles. The summed E-state index contributed by atoms with van der Waals surface area (Å²) in [4.78, 5) is 0. The minimum absolute atomic E-state index is 0.0440. The molecule has 0 unspecified atom stereocenters. The van der Waals surface area contributed by atoms with Gasteiger partial charge in [-0.2, -0.15) is 0 Å². The molecule has 0 amide bonds. The molecule has 14 heavy (non-hydrogen) atoms. The van der Waals surface area contributed by atoms with Gasteiger partial charge in [-0.15, -0.1) is 0 Å². The van der Waals surface area contributed by atoms with Gasteiger partial charge in [-0.1, -0.05) is 13.8 Å². The topological polar surface area (TPSA) is 20.2 Å². The third-order valence-corrected chi connectivity index (χ3v) is 2.60. The van der Waals surface area contributed by atoms with Gasteiger partial charge in [-0.05, 0) is 31.0 Å². The van der Waals surface area contributed by atoms with Crippen molar-refractivity contribution >= 4 is 0 Å². The highest BCUT2D eigenvalue weighted by atomic mass is 19.1. The number of aliphatic hydroxyl groups is 1. The Labute approximate surface area is 82.4 Å². The van der Waals surface area contributed by atoms with Crippen LogP contribution in [0.25, 0.3) is 0 Å². The van der Waals surface area contributed by atoms with Crippen LogP contribution in [0.3, 0.4) is 0 Å². The predicted octanol–water partition coefficient (Wildman–Crippen LogP) is 2.97. The summed E-state index contributed by atoms with van der Waals surface area (Å²) in [6.45, 7) is 3.49. The second kappa shape index (κ2) is 4.05. The molecule has 0 aliphatic rings. The van der Waals surface area contributed by atoms with Gasteiger partial charge in [0.2, 0.25) is 0 Å². The van der Waals surface area contributed by atoms with Crippen molar-refractivity contribution in [1.82, 2.24) is 0 Å². The highest BCUT2D eigenvalue weighted by molar-refractivity contribution is 5.25. The van der Waals surface area contributed by atoms with Crippen LogP contribution in [0.15, 0.2) is 18.2 Å². The summed E-state index contributed by atoms with van der Waals surface area (Å²) in [6, 6.07) is 3.15. The summed E-state index contributed by atoms with van der Waals surface area (Å²) in [5, 5.41) is 10.00. The second-order valence-corrected chi connectivity index (χ2v) is 3.36. The normalized spacial score (nSPS) is 11.8. The molecule has 0 aliphatic carbocycles. The lowest BCUT2D eigenvalue weighted by atomic mass is 9.88. The summed E-state index contributed by atoms with van der Waals surface area (Å²) in [7, 11) is 0. The van der Waals surface area contributed by atoms with Crippen LogP contribution in [0.1, 0.15) is 32.3 Å². The van der Waals surface area contributed by atoms with E-state index in [4.69, 9.17) is 0 Å². The van der Waals surface area contributed by atoms with E-state index in [1.54, 1.807) is 13.8 Å². The fourth-order valence-corrected chi connectivity index (χ4v) is 1.49. The average molecular weight is 200 g/mol. The molecule has 1 rings (SSSR count). The van der Waals surface area contributed by atoms with E-state index in [2.05, 4.69) is 0 Å². The van der Waals surface area contributed by atoms with Crippen LogP contribution in [0.4, 0.5) is 8.78 Å². The van der Waals surface area contributed by atoms with Crippen LogP contribution in [0.2, 0.25) is 0 Å². The first-order chi connectivity index (χ1) is 6.53. The van der Waals surface area contributed by atoms with E-state index in [0.29, 0.717) is 12.8 Å². The smallest absolute Gasteiger partial charge is 0.129 e. The molecule has 0 atom stereocenters. The first-order valence-electron chi connectivity index (χ1n) is 4.71. The van der Waals surface area contributed by atoms with Crippen LogP contribution in [-0.4, -0.2) is 5.11 Å². The van der Waals surface area contributed by atoms with Crippen molar-refractivity contribution in [3.8, 4) is 0 Å². The average Bonchev–Trinajstić information content (AvgIpc) is 2.20. The molecule has 0 aliphatic heterocycles. The minimum Gasteiger partial charge on any atom is -0.385 e. The van der Waals surface area contributed by atoms with Gasteiger partial charge in [0.05, 0.1) is 5.60 Å². The van der Waals surface area contributed by atoms with Gasteiger partial charge in [0.1, 0.15) is 11.6 Å². The van der Waals surface area contributed by atoms with E-state index in [1.807, 2.05) is 0 Å². The molecule has 0 fully saturated rings. The van der Waals surface area contributed by atoms with Gasteiger partial charge in [-0.3, -0.25) is 0 Å². The third-order valence-electron chi connectivity index (χ3n) is 2.60. The van der Waals surface area contributed by atoms with Crippen molar-refractivity contribution in [2.24, 2.45) is 0 Å². The fourth-order valence-electron chi connectivity index (χ4n) is 1.49. The molecular weight excluding hydrogens is 186 g/mol. The summed E-state index contributed by atoms with van der Waals surface area (Å²) in [5.41, 5.74) is -1.21. The molecule has 0 heterocycles. The summed E-state index contributed by atoms with van der Waals surface area (Å²) >= 11 is 0. The Morgan fingerprint density at radius 1 is 1.21 bits per heavy atom. The standard InChI is InChI=1S/C11H14F2O/c1-3-11(14,4-2)9-7-8(12)5-6-10(9)13/h5-7,14H,3-4H2,1-2H3. The highest BCUT2D eigenvalue weighted by Crippen LogP contribution is 2.30. The van der Waals surface area contributed by atoms with Crippen molar-refractivity contribution in [3.05, 3.63) is 35.4 Å². The molecule has 1 aromatic rings. The highest BCUT2D eigenvalue weighted by Gasteiger charge is 2.28. The first-order valence-corrected chi connectivity index (χ1v) is 4.71. The van der Waals surface area contributed by atoms with E-state index in [0.717, 1.165) is 18.2 Å². The zero-order valence-electron chi connectivity index (χ0n) is 8.35. The Bertz CT molecular complexity index is 319. The van der Waals surface area contributed by atoms with Gasteiger partial charge in [0.15, 0.2) is 0 Å². The molecule has 0 aromatic heterocycles. The minimum atomic E-state index is -1.26. The maximum Gasteiger partial charge on any atom is 0.129 e. The third kappa shape index (κ3) is 1.93. The Hall–Kier alpha value is -0.960. The van der Waals surface area contributed by atoms with Gasteiger partial charge >= 0.3 is 0 Å². The van der Waals surface area contributed by atoms with Crippen molar-refractivity contribution in [1.29, 1.82) is 0 Å². The zero-order chi connectivity index (χ0) is 10.8. The van der Waals surface area contributed by atoms with Crippen LogP contribution in [-0.2, 0) is 5.60 Å². The Morgan fingerprint density at radius 3 is 2.29 bits per heavy atom. The van der Waals surface area contributed by atoms with E-state index in [9.17, 15) is 13.9 Å². The van der Waals surface area contributed by atoms with Crippen LogP contribution < -0.4 is 0 Å². The molecular formula is C11H14F2O. The number of benzene rings is 1. The fraction of sp³-hybridized carbons (Fsp3) is 0.455. The molecule has 0 bridgehead atoms. The number of hydrogen-bond acceptors (Lipinski definition) is 1. The second-order valence-electron chi connectivity index (χ2n) is 3.36. The Balaban J connectivity index is 3.22. The van der Waals surface area contributed by atoms with Crippen molar-refractivity contribution in [3.63, 3.8) is 0 Å². The predicted molar refractivity (Wildman–Crippen MR) is 50.8 cm³/mol. The van der Waals surface area contributed by atoms with E-state index in [1.165, 1.54) is 0 Å². The van der Waals surface area contributed by atoms with Crippen molar-refractivity contribution in [2.45, 2.75) is 32.3 Å². The first kappa shape index (κ1) is 11.1. The van der Waals surface area contributed by atoms with Crippen LogP contribution in [0.5, 0.6) is 0 Å². The quantitative estimate of drug-likeness (QED) is 0.795. The maximum atomic E-state index is 13.3. The summed E-state index contributed by atoms with van der Waals surface area (Å²) in [6.07, 6.45) is 0.730. The molecule has 0 saturated heterocycles. The maximum absolute atomic E-state index is 13.3. The Morgan fingerprint density at radius 2 is 1.79 bits per heavy atom. The number of halogens is 2. The SMILES string of the molecule is CCC(O)(CC)c1cc(F)ccc1F. The van der Waals surface area contributed by atoms with Crippen molar-refractivity contribution in [2.75, 3.05) is 0 Å². The molecule has 78 valence electrons. The van der Waals surface area contributed by atoms with Crippen LogP contribution >= 0.6 is 0 Å². The van der Waals surface area contributed by atoms with E-state index in [-0.39, 0.29) is 5.56 Å². The monoisotopic (exact) mass is 200 g/mol. The molecule has 1 aromatic carbocycles. The van der Waals surface area contributed by atoms with E-state index >= 15 is 0 Å². The lowest BCUT2D eigenvalue weighted by Crippen LogP contribution is -2.25. The molecule has 1 nitrogen and oxygen atoms in total. The molecule has 0 radical (unpaired) electrons. The largest absolute Gasteiger partial charge is 0.385 e. The van der Waals surface area contributed by atoms with Crippen LogP contribution in [0, 0.1) is 11.6 Å². The summed E-state index contributed by atoms with van der Waals surface area (Å²) < 4.78 is 26.2. The zero-order valence-corrected chi connectivity index (χ0v) is 8.35. The summed E-state index contributed by atoms with van der Waals surface area (Å²) in [5.74, 6) is -1.08. The molecule has 0 spiro atoms. The lowest BCUT2D eigenvalue weighted by molar-refractivity contribution is 0.0245. The van der Waals surface area contributed by atoms with Gasteiger partial charge in [0.25, 0.3) is 0 Å². The van der Waals surface area contributed by atoms with Gasteiger partial charge in [0, 0.05) is 5.56 Å². The number of hydrogen-bond donors (Lipinski definition) is 1. The van der Waals surface area contributed by atoms with Crippen molar-refractivity contribution < 1.29 is 13.9 Å². The van der Waals surface area contributed by atoms with E-state index < -0.39 is 17.2 Å². The number of rotatable bonds is 3. The molecule has 1 N–H and O–H groups in total.